The summed E-state index contributed by atoms with van der Waals surface area (Å²) in [4.78, 5) is 1.97. The molecule has 3 heteroatoms. The number of unbranched alkanes of at least 4 members (excludes halogenated alkanes) is 12. The zero-order valence-electron chi connectivity index (χ0n) is 17.5. The van der Waals surface area contributed by atoms with E-state index in [1.807, 2.05) is 24.2 Å². The number of rotatable bonds is 17. The topological polar surface area (TPSA) is 35.5 Å². The first-order valence-electron chi connectivity index (χ1n) is 11.3. The van der Waals surface area contributed by atoms with E-state index in [9.17, 15) is 5.11 Å². The molecule has 0 aromatic carbocycles. The third-order valence-corrected chi connectivity index (χ3v) is 5.32. The van der Waals surface area contributed by atoms with Gasteiger partial charge in [0.1, 0.15) is 12.4 Å². The van der Waals surface area contributed by atoms with Crippen molar-refractivity contribution in [3.8, 4) is 0 Å². The molecular weight excluding hydrogens is 320 g/mol. The molecule has 2 atom stereocenters. The first-order valence-corrected chi connectivity index (χ1v) is 11.3. The molecule has 1 aliphatic rings. The predicted octanol–water partition coefficient (Wildman–Crippen LogP) is 6.45. The molecule has 0 aliphatic carbocycles. The minimum atomic E-state index is -0.420. The molecule has 1 heterocycles. The summed E-state index contributed by atoms with van der Waals surface area (Å²) in [6, 6.07) is 0. The van der Waals surface area contributed by atoms with Gasteiger partial charge in [0.25, 0.3) is 0 Å². The van der Waals surface area contributed by atoms with Crippen LogP contribution in [-0.4, -0.2) is 22.4 Å². The van der Waals surface area contributed by atoms with Crippen molar-refractivity contribution in [1.29, 1.82) is 0 Å². The first-order chi connectivity index (χ1) is 12.8. The van der Waals surface area contributed by atoms with Gasteiger partial charge in [0, 0.05) is 12.4 Å². The molecule has 0 saturated heterocycles. The molecular formula is C23H44N2O. The Labute approximate surface area is 162 Å². The maximum atomic E-state index is 9.67. The monoisotopic (exact) mass is 364 g/mol. The van der Waals surface area contributed by atoms with Crippen LogP contribution >= 0.6 is 0 Å². The van der Waals surface area contributed by atoms with Crippen LogP contribution < -0.4 is 5.32 Å². The van der Waals surface area contributed by atoms with E-state index >= 15 is 0 Å². The second-order valence-corrected chi connectivity index (χ2v) is 7.80. The van der Waals surface area contributed by atoms with E-state index < -0.39 is 6.23 Å². The van der Waals surface area contributed by atoms with E-state index in [2.05, 4.69) is 24.4 Å². The van der Waals surface area contributed by atoms with Crippen molar-refractivity contribution < 1.29 is 5.11 Å². The molecule has 0 amide bonds. The molecule has 0 aromatic heterocycles. The standard InChI is InChI=1S/C23H44N2O/c1-3-4-5-6-7-8-9-10-11-12-13-14-15-16-17-18-19-23-24-20-21-25(23)22(2)26/h16-17,20-24,26H,3-15,18-19H2,1-2H3/b17-16+. The molecule has 0 aromatic rings. The third-order valence-electron chi connectivity index (χ3n) is 5.32. The number of hydrogen-bond donors (Lipinski definition) is 2. The number of aliphatic hydroxyl groups is 1. The summed E-state index contributed by atoms with van der Waals surface area (Å²) in [6.07, 6.45) is 28.6. The molecule has 3 nitrogen and oxygen atoms in total. The Morgan fingerprint density at radius 2 is 1.42 bits per heavy atom. The van der Waals surface area contributed by atoms with Gasteiger partial charge in [0.05, 0.1) is 0 Å². The van der Waals surface area contributed by atoms with Gasteiger partial charge in [-0.1, -0.05) is 89.7 Å². The van der Waals surface area contributed by atoms with Gasteiger partial charge in [-0.3, -0.25) is 0 Å². The Morgan fingerprint density at radius 1 is 0.885 bits per heavy atom. The molecule has 1 aliphatic heterocycles. The van der Waals surface area contributed by atoms with Crippen LogP contribution in [0.15, 0.2) is 24.6 Å². The third kappa shape index (κ3) is 11.6. The van der Waals surface area contributed by atoms with E-state index in [0.717, 1.165) is 12.8 Å². The fourth-order valence-electron chi connectivity index (χ4n) is 3.64. The summed E-state index contributed by atoms with van der Waals surface area (Å²) in [5.74, 6) is 0. The van der Waals surface area contributed by atoms with Gasteiger partial charge >= 0.3 is 0 Å². The highest BCUT2D eigenvalue weighted by atomic mass is 16.3. The fraction of sp³-hybridized carbons (Fsp3) is 0.826. The highest BCUT2D eigenvalue weighted by molar-refractivity contribution is 4.95. The van der Waals surface area contributed by atoms with Crippen molar-refractivity contribution in [3.05, 3.63) is 24.6 Å². The molecule has 0 radical (unpaired) electrons. The Bertz CT molecular complexity index is 365. The Hall–Kier alpha value is -0.960. The van der Waals surface area contributed by atoms with E-state index in [1.54, 1.807) is 0 Å². The fourth-order valence-corrected chi connectivity index (χ4v) is 3.64. The van der Waals surface area contributed by atoms with Gasteiger partial charge in [-0.15, -0.1) is 0 Å². The van der Waals surface area contributed by atoms with Crippen molar-refractivity contribution in [2.75, 3.05) is 0 Å². The number of hydrogen-bond acceptors (Lipinski definition) is 3. The Balaban J connectivity index is 1.81. The van der Waals surface area contributed by atoms with Gasteiger partial charge < -0.3 is 15.3 Å². The molecule has 0 fully saturated rings. The van der Waals surface area contributed by atoms with Crippen LogP contribution in [0.3, 0.4) is 0 Å². The average Bonchev–Trinajstić information content (AvgIpc) is 3.10. The van der Waals surface area contributed by atoms with Crippen molar-refractivity contribution in [3.63, 3.8) is 0 Å². The Kier molecular flexibility index (Phi) is 14.4. The summed E-state index contributed by atoms with van der Waals surface area (Å²) in [5.41, 5.74) is 0. The van der Waals surface area contributed by atoms with Gasteiger partial charge in [0.15, 0.2) is 0 Å². The van der Waals surface area contributed by atoms with Crippen molar-refractivity contribution in [1.82, 2.24) is 10.2 Å². The van der Waals surface area contributed by atoms with E-state index in [1.165, 1.54) is 83.5 Å². The number of nitrogens with zero attached hydrogens (tertiary/aromatic N) is 1. The second-order valence-electron chi connectivity index (χ2n) is 7.80. The first kappa shape index (κ1) is 23.1. The highest BCUT2D eigenvalue weighted by Crippen LogP contribution is 2.14. The van der Waals surface area contributed by atoms with Crippen molar-refractivity contribution in [2.45, 2.75) is 123 Å². The van der Waals surface area contributed by atoms with E-state index in [0.29, 0.717) is 0 Å². The largest absolute Gasteiger partial charge is 0.374 e. The molecule has 2 unspecified atom stereocenters. The van der Waals surface area contributed by atoms with Crippen LogP contribution in [-0.2, 0) is 0 Å². The van der Waals surface area contributed by atoms with Crippen LogP contribution in [0, 0.1) is 0 Å². The van der Waals surface area contributed by atoms with Gasteiger partial charge in [-0.05, 0) is 32.6 Å². The van der Waals surface area contributed by atoms with Crippen LogP contribution in [0.1, 0.15) is 110 Å². The second kappa shape index (κ2) is 16.2. The predicted molar refractivity (Wildman–Crippen MR) is 114 cm³/mol. The SMILES string of the molecule is CCCCCCCCCCCCCC/C=C/CCC1NC=CN1C(C)O. The van der Waals surface area contributed by atoms with Crippen LogP contribution in [0.2, 0.25) is 0 Å². The lowest BCUT2D eigenvalue weighted by Crippen LogP contribution is -2.40. The van der Waals surface area contributed by atoms with E-state index in [4.69, 9.17) is 0 Å². The van der Waals surface area contributed by atoms with Gasteiger partial charge in [-0.25, -0.2) is 0 Å². The summed E-state index contributed by atoms with van der Waals surface area (Å²) in [7, 11) is 0. The average molecular weight is 365 g/mol. The molecule has 2 N–H and O–H groups in total. The van der Waals surface area contributed by atoms with Gasteiger partial charge in [-0.2, -0.15) is 0 Å². The molecule has 152 valence electrons. The lowest BCUT2D eigenvalue weighted by Gasteiger charge is -2.27. The summed E-state index contributed by atoms with van der Waals surface area (Å²) in [6.45, 7) is 4.10. The zero-order chi connectivity index (χ0) is 18.9. The van der Waals surface area contributed by atoms with Crippen molar-refractivity contribution in [2.24, 2.45) is 0 Å². The quantitative estimate of drug-likeness (QED) is 0.230. The lowest BCUT2D eigenvalue weighted by atomic mass is 10.0. The number of aliphatic hydroxyl groups excluding tert-OH is 1. The van der Waals surface area contributed by atoms with E-state index in [-0.39, 0.29) is 6.17 Å². The summed E-state index contributed by atoms with van der Waals surface area (Å²) >= 11 is 0. The minimum Gasteiger partial charge on any atom is -0.374 e. The molecule has 1 rings (SSSR count). The Morgan fingerprint density at radius 3 is 2.00 bits per heavy atom. The minimum absolute atomic E-state index is 0.242. The number of nitrogens with one attached hydrogen (secondary N) is 1. The summed E-state index contributed by atoms with van der Waals surface area (Å²) in [5, 5.41) is 13.0. The number of allylic oxidation sites excluding steroid dienone is 2. The van der Waals surface area contributed by atoms with Crippen molar-refractivity contribution >= 4 is 0 Å². The molecule has 0 bridgehead atoms. The smallest absolute Gasteiger partial charge is 0.125 e. The zero-order valence-corrected chi connectivity index (χ0v) is 17.5. The van der Waals surface area contributed by atoms with Crippen LogP contribution in [0.5, 0.6) is 0 Å². The maximum Gasteiger partial charge on any atom is 0.125 e. The summed E-state index contributed by atoms with van der Waals surface area (Å²) < 4.78 is 0. The molecule has 26 heavy (non-hydrogen) atoms. The van der Waals surface area contributed by atoms with Crippen LogP contribution in [0.4, 0.5) is 0 Å². The molecule has 0 saturated carbocycles. The highest BCUT2D eigenvalue weighted by Gasteiger charge is 2.20. The normalized spacial score (nSPS) is 18.0. The van der Waals surface area contributed by atoms with Gasteiger partial charge in [0.2, 0.25) is 0 Å². The lowest BCUT2D eigenvalue weighted by molar-refractivity contribution is 0.0264. The maximum absolute atomic E-state index is 9.67. The molecule has 0 spiro atoms. The van der Waals surface area contributed by atoms with Crippen LogP contribution in [0.25, 0.3) is 0 Å².